The van der Waals surface area contributed by atoms with E-state index >= 15 is 0 Å². The number of halogens is 3. The summed E-state index contributed by atoms with van der Waals surface area (Å²) in [5.41, 5.74) is 6.58. The summed E-state index contributed by atoms with van der Waals surface area (Å²) in [7, 11) is 0. The Hall–Kier alpha value is -0.190. The molecule has 0 heterocycles. The third kappa shape index (κ3) is 5.21. The predicted octanol–water partition coefficient (Wildman–Crippen LogP) is 3.42. The summed E-state index contributed by atoms with van der Waals surface area (Å²) in [6, 6.07) is 3.27. The van der Waals surface area contributed by atoms with Crippen LogP contribution in [0, 0.1) is 0 Å². The maximum atomic E-state index is 10.0. The molecule has 1 atom stereocenters. The number of nitrogens with one attached hydrogen (secondary N) is 1. The zero-order valence-corrected chi connectivity index (χ0v) is 13.0. The van der Waals surface area contributed by atoms with E-state index in [4.69, 9.17) is 28.9 Å². The van der Waals surface area contributed by atoms with Crippen LogP contribution in [0.5, 0.6) is 0 Å². The summed E-state index contributed by atoms with van der Waals surface area (Å²) in [5, 5.41) is 13.9. The van der Waals surface area contributed by atoms with Gasteiger partial charge in [0.2, 0.25) is 0 Å². The standard InChI is InChI=1S/C12H18Cl2N2O.ClH/c1-12(2,3)16-6-10(17)7-4-8(13)11(15)9(14)5-7;/h4-5,10,16-17H,6,15H2,1-3H3;1H/t10-;/m1./s1. The van der Waals surface area contributed by atoms with Gasteiger partial charge in [0.15, 0.2) is 0 Å². The van der Waals surface area contributed by atoms with Gasteiger partial charge < -0.3 is 16.2 Å². The normalized spacial score (nSPS) is 13.0. The molecule has 4 N–H and O–H groups in total. The highest BCUT2D eigenvalue weighted by Crippen LogP contribution is 2.31. The maximum absolute atomic E-state index is 10.0. The van der Waals surface area contributed by atoms with Crippen LogP contribution in [0.4, 0.5) is 5.69 Å². The van der Waals surface area contributed by atoms with Crippen molar-refractivity contribution in [1.29, 1.82) is 0 Å². The smallest absolute Gasteiger partial charge is 0.0915 e. The number of nitrogens with two attached hydrogens (primary N) is 1. The molecule has 0 aromatic heterocycles. The molecule has 0 bridgehead atoms. The third-order valence-corrected chi connectivity index (χ3v) is 2.94. The quantitative estimate of drug-likeness (QED) is 0.749. The Morgan fingerprint density at radius 3 is 2.11 bits per heavy atom. The van der Waals surface area contributed by atoms with Gasteiger partial charge in [-0.15, -0.1) is 12.4 Å². The van der Waals surface area contributed by atoms with Crippen LogP contribution in [0.25, 0.3) is 0 Å². The second kappa shape index (κ2) is 6.83. The van der Waals surface area contributed by atoms with Crippen LogP contribution in [-0.4, -0.2) is 17.2 Å². The van der Waals surface area contributed by atoms with Gasteiger partial charge in [0.25, 0.3) is 0 Å². The van der Waals surface area contributed by atoms with Gasteiger partial charge in [-0.2, -0.15) is 0 Å². The zero-order chi connectivity index (χ0) is 13.2. The average molecular weight is 314 g/mol. The van der Waals surface area contributed by atoms with E-state index in [-0.39, 0.29) is 17.9 Å². The Bertz CT molecular complexity index is 382. The molecule has 0 saturated heterocycles. The minimum atomic E-state index is -0.662. The van der Waals surface area contributed by atoms with E-state index < -0.39 is 6.10 Å². The monoisotopic (exact) mass is 312 g/mol. The summed E-state index contributed by atoms with van der Waals surface area (Å²) < 4.78 is 0. The van der Waals surface area contributed by atoms with Gasteiger partial charge in [0.1, 0.15) is 0 Å². The lowest BCUT2D eigenvalue weighted by Gasteiger charge is -2.23. The van der Waals surface area contributed by atoms with E-state index in [1.165, 1.54) is 0 Å². The number of rotatable bonds is 3. The molecule has 18 heavy (non-hydrogen) atoms. The number of β-amino-alcohol motifs (C(OH)–C–C–N with tert-alkyl or cyclic N) is 1. The summed E-state index contributed by atoms with van der Waals surface area (Å²) in [4.78, 5) is 0. The van der Waals surface area contributed by atoms with Crippen LogP contribution in [-0.2, 0) is 0 Å². The SMILES string of the molecule is CC(C)(C)NC[C@@H](O)c1cc(Cl)c(N)c(Cl)c1.Cl. The molecule has 3 nitrogen and oxygen atoms in total. The summed E-state index contributed by atoms with van der Waals surface area (Å²) >= 11 is 11.8. The van der Waals surface area contributed by atoms with Crippen molar-refractivity contribution in [2.45, 2.75) is 32.4 Å². The molecular formula is C12H19Cl3N2O. The van der Waals surface area contributed by atoms with Crippen molar-refractivity contribution in [3.8, 4) is 0 Å². The van der Waals surface area contributed by atoms with Gasteiger partial charge in [-0.1, -0.05) is 23.2 Å². The number of benzene rings is 1. The van der Waals surface area contributed by atoms with Gasteiger partial charge in [0, 0.05) is 12.1 Å². The molecule has 1 aromatic carbocycles. The first kappa shape index (κ1) is 17.8. The molecule has 0 aliphatic carbocycles. The van der Waals surface area contributed by atoms with E-state index in [0.717, 1.165) is 0 Å². The van der Waals surface area contributed by atoms with Crippen LogP contribution < -0.4 is 11.1 Å². The molecular weight excluding hydrogens is 295 g/mol. The van der Waals surface area contributed by atoms with E-state index in [0.29, 0.717) is 27.8 Å². The van der Waals surface area contributed by atoms with Gasteiger partial charge >= 0.3 is 0 Å². The largest absolute Gasteiger partial charge is 0.396 e. The first-order valence-corrected chi connectivity index (χ1v) is 6.14. The fraction of sp³-hybridized carbons (Fsp3) is 0.500. The first-order chi connectivity index (χ1) is 7.70. The molecule has 104 valence electrons. The van der Waals surface area contributed by atoms with Crippen LogP contribution in [0.15, 0.2) is 12.1 Å². The number of aliphatic hydroxyl groups excluding tert-OH is 1. The van der Waals surface area contributed by atoms with Crippen molar-refractivity contribution in [3.05, 3.63) is 27.7 Å². The minimum Gasteiger partial charge on any atom is -0.396 e. The van der Waals surface area contributed by atoms with Crippen molar-refractivity contribution in [2.75, 3.05) is 12.3 Å². The molecule has 0 saturated carbocycles. The first-order valence-electron chi connectivity index (χ1n) is 5.38. The highest BCUT2D eigenvalue weighted by Gasteiger charge is 2.15. The molecule has 0 unspecified atom stereocenters. The van der Waals surface area contributed by atoms with Crippen LogP contribution >= 0.6 is 35.6 Å². The van der Waals surface area contributed by atoms with E-state index in [1.807, 2.05) is 20.8 Å². The fourth-order valence-electron chi connectivity index (χ4n) is 1.32. The highest BCUT2D eigenvalue weighted by atomic mass is 35.5. The fourth-order valence-corrected chi connectivity index (χ4v) is 1.82. The Morgan fingerprint density at radius 1 is 1.28 bits per heavy atom. The molecule has 0 radical (unpaired) electrons. The molecule has 0 amide bonds. The van der Waals surface area contributed by atoms with Crippen molar-refractivity contribution in [3.63, 3.8) is 0 Å². The molecule has 1 rings (SSSR count). The van der Waals surface area contributed by atoms with E-state index in [1.54, 1.807) is 12.1 Å². The molecule has 0 aliphatic rings. The molecule has 1 aromatic rings. The Balaban J connectivity index is 0.00000289. The number of aliphatic hydroxyl groups is 1. The third-order valence-electron chi connectivity index (χ3n) is 2.31. The predicted molar refractivity (Wildman–Crippen MR) is 80.8 cm³/mol. The number of nitrogen functional groups attached to an aromatic ring is 1. The second-order valence-electron chi connectivity index (χ2n) is 5.04. The average Bonchev–Trinajstić information content (AvgIpc) is 2.20. The number of hydrogen-bond donors (Lipinski definition) is 3. The Labute approximate surface area is 124 Å². The molecule has 0 aliphatic heterocycles. The lowest BCUT2D eigenvalue weighted by atomic mass is 10.1. The van der Waals surface area contributed by atoms with E-state index in [2.05, 4.69) is 5.32 Å². The van der Waals surface area contributed by atoms with Crippen molar-refractivity contribution >= 4 is 41.3 Å². The minimum absolute atomic E-state index is 0. The van der Waals surface area contributed by atoms with Crippen LogP contribution in [0.1, 0.15) is 32.4 Å². The summed E-state index contributed by atoms with van der Waals surface area (Å²) in [6.45, 7) is 6.52. The maximum Gasteiger partial charge on any atom is 0.0915 e. The van der Waals surface area contributed by atoms with Gasteiger partial charge in [-0.25, -0.2) is 0 Å². The zero-order valence-electron chi connectivity index (χ0n) is 10.6. The summed E-state index contributed by atoms with van der Waals surface area (Å²) in [6.07, 6.45) is -0.662. The van der Waals surface area contributed by atoms with Crippen molar-refractivity contribution < 1.29 is 5.11 Å². The van der Waals surface area contributed by atoms with E-state index in [9.17, 15) is 5.11 Å². The molecule has 0 fully saturated rings. The molecule has 6 heteroatoms. The Morgan fingerprint density at radius 2 is 1.72 bits per heavy atom. The van der Waals surface area contributed by atoms with Crippen LogP contribution in [0.3, 0.4) is 0 Å². The van der Waals surface area contributed by atoms with Gasteiger partial charge in [0.05, 0.1) is 21.8 Å². The van der Waals surface area contributed by atoms with Gasteiger partial charge in [-0.05, 0) is 38.5 Å². The molecule has 0 spiro atoms. The number of hydrogen-bond acceptors (Lipinski definition) is 3. The van der Waals surface area contributed by atoms with Crippen molar-refractivity contribution in [1.82, 2.24) is 5.32 Å². The second-order valence-corrected chi connectivity index (χ2v) is 5.86. The van der Waals surface area contributed by atoms with Gasteiger partial charge in [-0.3, -0.25) is 0 Å². The number of anilines is 1. The lowest BCUT2D eigenvalue weighted by Crippen LogP contribution is -2.38. The summed E-state index contributed by atoms with van der Waals surface area (Å²) in [5.74, 6) is 0. The highest BCUT2D eigenvalue weighted by molar-refractivity contribution is 6.38. The topological polar surface area (TPSA) is 58.3 Å². The van der Waals surface area contributed by atoms with Crippen LogP contribution in [0.2, 0.25) is 10.0 Å². The Kier molecular flexibility index (Phi) is 6.75. The lowest BCUT2D eigenvalue weighted by molar-refractivity contribution is 0.163. The van der Waals surface area contributed by atoms with Crippen molar-refractivity contribution in [2.24, 2.45) is 0 Å².